The van der Waals surface area contributed by atoms with Crippen molar-refractivity contribution in [2.24, 2.45) is 0 Å². The van der Waals surface area contributed by atoms with Gasteiger partial charge in [0.2, 0.25) is 0 Å². The molecule has 108 valence electrons. The molecule has 0 radical (unpaired) electrons. The number of hydrogen-bond donors (Lipinski definition) is 1. The van der Waals surface area contributed by atoms with Gasteiger partial charge < -0.3 is 5.11 Å². The van der Waals surface area contributed by atoms with E-state index in [4.69, 9.17) is 0 Å². The first-order chi connectivity index (χ1) is 9.89. The highest BCUT2D eigenvalue weighted by Crippen LogP contribution is 2.39. The van der Waals surface area contributed by atoms with E-state index in [0.29, 0.717) is 0 Å². The molecule has 1 aromatic heterocycles. The fourth-order valence-electron chi connectivity index (χ4n) is 2.84. The SMILES string of the molecule is Cc1cc(C)c(C(C)(O)c2cc3ccccc3s2)cc1C. The van der Waals surface area contributed by atoms with Gasteiger partial charge in [-0.05, 0) is 67.5 Å². The highest BCUT2D eigenvalue weighted by molar-refractivity contribution is 7.19. The maximum absolute atomic E-state index is 11.2. The lowest BCUT2D eigenvalue weighted by atomic mass is 9.88. The maximum Gasteiger partial charge on any atom is 0.121 e. The fraction of sp³-hybridized carbons (Fsp3) is 0.263. The molecule has 0 aliphatic rings. The van der Waals surface area contributed by atoms with Crippen LogP contribution in [0.4, 0.5) is 0 Å². The van der Waals surface area contributed by atoms with E-state index in [2.05, 4.69) is 51.1 Å². The molecular weight excluding hydrogens is 276 g/mol. The Balaban J connectivity index is 2.17. The van der Waals surface area contributed by atoms with E-state index in [9.17, 15) is 5.11 Å². The molecule has 1 atom stereocenters. The highest BCUT2D eigenvalue weighted by Gasteiger charge is 2.29. The molecule has 0 saturated heterocycles. The van der Waals surface area contributed by atoms with Gasteiger partial charge in [-0.3, -0.25) is 0 Å². The van der Waals surface area contributed by atoms with Gasteiger partial charge in [0.05, 0.1) is 0 Å². The Labute approximate surface area is 129 Å². The smallest absolute Gasteiger partial charge is 0.121 e. The van der Waals surface area contributed by atoms with Crippen molar-refractivity contribution >= 4 is 21.4 Å². The molecule has 2 heteroatoms. The quantitative estimate of drug-likeness (QED) is 0.699. The first-order valence-corrected chi connectivity index (χ1v) is 8.01. The lowest BCUT2D eigenvalue weighted by molar-refractivity contribution is 0.105. The number of aryl methyl sites for hydroxylation is 3. The van der Waals surface area contributed by atoms with E-state index < -0.39 is 5.60 Å². The first kappa shape index (κ1) is 14.3. The van der Waals surface area contributed by atoms with Gasteiger partial charge in [0.25, 0.3) is 0 Å². The monoisotopic (exact) mass is 296 g/mol. The Hall–Kier alpha value is -1.64. The first-order valence-electron chi connectivity index (χ1n) is 7.19. The second-order valence-corrected chi connectivity index (χ2v) is 7.06. The van der Waals surface area contributed by atoms with Gasteiger partial charge in [0.1, 0.15) is 5.60 Å². The van der Waals surface area contributed by atoms with E-state index in [-0.39, 0.29) is 0 Å². The third-order valence-corrected chi connectivity index (χ3v) is 5.60. The summed E-state index contributed by atoms with van der Waals surface area (Å²) in [5.74, 6) is 0. The summed E-state index contributed by atoms with van der Waals surface area (Å²) in [6, 6.07) is 14.7. The van der Waals surface area contributed by atoms with Crippen molar-refractivity contribution in [2.75, 3.05) is 0 Å². The molecule has 0 spiro atoms. The predicted molar refractivity (Wildman–Crippen MR) is 91.2 cm³/mol. The van der Waals surface area contributed by atoms with E-state index >= 15 is 0 Å². The van der Waals surface area contributed by atoms with Gasteiger partial charge in [0, 0.05) is 9.58 Å². The third-order valence-electron chi connectivity index (χ3n) is 4.27. The average molecular weight is 296 g/mol. The molecule has 3 rings (SSSR count). The van der Waals surface area contributed by atoms with Crippen LogP contribution in [0.2, 0.25) is 0 Å². The zero-order chi connectivity index (χ0) is 15.2. The molecule has 1 N–H and O–H groups in total. The van der Waals surface area contributed by atoms with E-state index in [1.54, 1.807) is 11.3 Å². The zero-order valence-corrected chi connectivity index (χ0v) is 13.7. The summed E-state index contributed by atoms with van der Waals surface area (Å²) >= 11 is 1.67. The molecule has 3 aromatic rings. The summed E-state index contributed by atoms with van der Waals surface area (Å²) in [7, 11) is 0. The Morgan fingerprint density at radius 3 is 2.29 bits per heavy atom. The summed E-state index contributed by atoms with van der Waals surface area (Å²) in [5.41, 5.74) is 3.67. The van der Waals surface area contributed by atoms with E-state index in [0.717, 1.165) is 16.0 Å². The van der Waals surface area contributed by atoms with Gasteiger partial charge in [-0.2, -0.15) is 0 Å². The van der Waals surface area contributed by atoms with Gasteiger partial charge in [-0.15, -0.1) is 11.3 Å². The Bertz CT molecular complexity index is 779. The zero-order valence-electron chi connectivity index (χ0n) is 12.9. The molecule has 0 saturated carbocycles. The molecule has 0 fully saturated rings. The van der Waals surface area contributed by atoms with Crippen LogP contribution >= 0.6 is 11.3 Å². The summed E-state index contributed by atoms with van der Waals surface area (Å²) in [6.45, 7) is 8.18. The van der Waals surface area contributed by atoms with Crippen LogP contribution in [0, 0.1) is 20.8 Å². The number of rotatable bonds is 2. The molecule has 1 nitrogen and oxygen atoms in total. The van der Waals surface area contributed by atoms with Gasteiger partial charge in [-0.25, -0.2) is 0 Å². The third kappa shape index (κ3) is 2.39. The predicted octanol–water partition coefficient (Wildman–Crippen LogP) is 5.08. The van der Waals surface area contributed by atoms with Crippen molar-refractivity contribution in [3.8, 4) is 0 Å². The summed E-state index contributed by atoms with van der Waals surface area (Å²) in [5, 5.41) is 12.4. The van der Waals surface area contributed by atoms with Crippen molar-refractivity contribution < 1.29 is 5.11 Å². The molecule has 0 aliphatic carbocycles. The molecule has 0 bridgehead atoms. The second kappa shape index (κ2) is 4.97. The lowest BCUT2D eigenvalue weighted by Gasteiger charge is -2.25. The highest BCUT2D eigenvalue weighted by atomic mass is 32.1. The topological polar surface area (TPSA) is 20.2 Å². The minimum Gasteiger partial charge on any atom is -0.380 e. The van der Waals surface area contributed by atoms with Crippen LogP contribution in [0.3, 0.4) is 0 Å². The van der Waals surface area contributed by atoms with Gasteiger partial charge >= 0.3 is 0 Å². The number of thiophene rings is 1. The van der Waals surface area contributed by atoms with Gasteiger partial charge in [-0.1, -0.05) is 30.3 Å². The van der Waals surface area contributed by atoms with Crippen LogP contribution in [-0.4, -0.2) is 5.11 Å². The summed E-state index contributed by atoms with van der Waals surface area (Å²) in [6.07, 6.45) is 0. The van der Waals surface area contributed by atoms with E-state index in [1.165, 1.54) is 21.2 Å². The number of hydrogen-bond acceptors (Lipinski definition) is 2. The van der Waals surface area contributed by atoms with Crippen molar-refractivity contribution in [3.05, 3.63) is 69.6 Å². The van der Waals surface area contributed by atoms with Crippen LogP contribution in [0.15, 0.2) is 42.5 Å². The summed E-state index contributed by atoms with van der Waals surface area (Å²) < 4.78 is 1.22. The van der Waals surface area contributed by atoms with Crippen LogP contribution in [-0.2, 0) is 5.60 Å². The molecule has 1 unspecified atom stereocenters. The van der Waals surface area contributed by atoms with Crippen LogP contribution in [0.25, 0.3) is 10.1 Å². The van der Waals surface area contributed by atoms with Crippen molar-refractivity contribution in [1.82, 2.24) is 0 Å². The molecule has 0 amide bonds. The molecule has 21 heavy (non-hydrogen) atoms. The fourth-order valence-corrected chi connectivity index (χ4v) is 3.96. The Kier molecular flexibility index (Phi) is 3.39. The lowest BCUT2D eigenvalue weighted by Crippen LogP contribution is -2.23. The molecule has 2 aromatic carbocycles. The average Bonchev–Trinajstić information content (AvgIpc) is 2.87. The largest absolute Gasteiger partial charge is 0.380 e. The maximum atomic E-state index is 11.2. The molecule has 1 heterocycles. The van der Waals surface area contributed by atoms with Crippen LogP contribution in [0.5, 0.6) is 0 Å². The summed E-state index contributed by atoms with van der Waals surface area (Å²) in [4.78, 5) is 0.995. The standard InChI is InChI=1S/C19H20OS/c1-12-9-14(3)16(10-13(12)2)19(4,20)18-11-15-7-5-6-8-17(15)21-18/h5-11,20H,1-4H3. The van der Waals surface area contributed by atoms with Crippen molar-refractivity contribution in [2.45, 2.75) is 33.3 Å². The normalized spacial score (nSPS) is 14.3. The minimum atomic E-state index is -0.952. The second-order valence-electron chi connectivity index (χ2n) is 5.97. The number of fused-ring (bicyclic) bond motifs is 1. The van der Waals surface area contributed by atoms with Crippen LogP contribution in [0.1, 0.15) is 34.1 Å². The number of benzene rings is 2. The Morgan fingerprint density at radius 1 is 0.905 bits per heavy atom. The van der Waals surface area contributed by atoms with Crippen LogP contribution < -0.4 is 0 Å². The number of aliphatic hydroxyl groups is 1. The molecule has 0 aliphatic heterocycles. The van der Waals surface area contributed by atoms with Crippen molar-refractivity contribution in [1.29, 1.82) is 0 Å². The minimum absolute atomic E-state index is 0.952. The van der Waals surface area contributed by atoms with Gasteiger partial charge in [0.15, 0.2) is 0 Å². The Morgan fingerprint density at radius 2 is 1.57 bits per heavy atom. The molecular formula is C19H20OS. The van der Waals surface area contributed by atoms with E-state index in [1.807, 2.05) is 19.1 Å². The van der Waals surface area contributed by atoms with Crippen molar-refractivity contribution in [3.63, 3.8) is 0 Å².